The van der Waals surface area contributed by atoms with Crippen LogP contribution in [0.5, 0.6) is 0 Å². The fourth-order valence-corrected chi connectivity index (χ4v) is 2.29. The molecule has 1 aliphatic heterocycles. The molecule has 3 nitrogen and oxygen atoms in total. The van der Waals surface area contributed by atoms with Crippen molar-refractivity contribution in [3.63, 3.8) is 0 Å². The van der Waals surface area contributed by atoms with Gasteiger partial charge in [0.05, 0.1) is 24.9 Å². The van der Waals surface area contributed by atoms with Crippen LogP contribution in [0, 0.1) is 0 Å². The number of aliphatic hydroxyl groups excluding tert-OH is 1. The van der Waals surface area contributed by atoms with Crippen molar-refractivity contribution in [1.82, 2.24) is 5.32 Å². The molecule has 3 unspecified atom stereocenters. The van der Waals surface area contributed by atoms with Gasteiger partial charge in [0, 0.05) is 6.54 Å². The summed E-state index contributed by atoms with van der Waals surface area (Å²) in [6.07, 6.45) is 2.61. The van der Waals surface area contributed by atoms with Crippen molar-refractivity contribution in [1.29, 1.82) is 0 Å². The van der Waals surface area contributed by atoms with Crippen LogP contribution in [0.4, 0.5) is 0 Å². The molecule has 1 aromatic carbocycles. The molecule has 94 valence electrons. The molecule has 0 spiro atoms. The van der Waals surface area contributed by atoms with Crippen molar-refractivity contribution in [3.05, 3.63) is 35.9 Å². The van der Waals surface area contributed by atoms with Gasteiger partial charge in [-0.15, -0.1) is 0 Å². The minimum Gasteiger partial charge on any atom is -0.395 e. The normalized spacial score (nSPS) is 26.0. The number of rotatable bonds is 5. The first-order valence-corrected chi connectivity index (χ1v) is 6.33. The summed E-state index contributed by atoms with van der Waals surface area (Å²) in [4.78, 5) is 0. The van der Waals surface area contributed by atoms with Crippen LogP contribution in [-0.2, 0) is 11.3 Å². The van der Waals surface area contributed by atoms with Gasteiger partial charge >= 0.3 is 0 Å². The van der Waals surface area contributed by atoms with E-state index >= 15 is 0 Å². The number of nitrogens with one attached hydrogen (secondary N) is 1. The molecule has 1 saturated heterocycles. The maximum atomic E-state index is 9.41. The molecular formula is C14H21NO2. The predicted octanol–water partition coefficient (Wildman–Crippen LogP) is 1.70. The van der Waals surface area contributed by atoms with E-state index < -0.39 is 0 Å². The highest BCUT2D eigenvalue weighted by atomic mass is 16.5. The average molecular weight is 235 g/mol. The van der Waals surface area contributed by atoms with Gasteiger partial charge in [-0.05, 0) is 25.3 Å². The van der Waals surface area contributed by atoms with E-state index in [9.17, 15) is 5.11 Å². The SMILES string of the molecule is CC1CCC(C(CO)NCc2ccccc2)O1. The van der Waals surface area contributed by atoms with Gasteiger partial charge in [0.25, 0.3) is 0 Å². The molecule has 0 bridgehead atoms. The fourth-order valence-electron chi connectivity index (χ4n) is 2.29. The first kappa shape index (κ1) is 12.6. The Labute approximate surface area is 103 Å². The summed E-state index contributed by atoms with van der Waals surface area (Å²) in [5.41, 5.74) is 1.23. The third kappa shape index (κ3) is 3.53. The lowest BCUT2D eigenvalue weighted by Crippen LogP contribution is -2.42. The molecule has 2 N–H and O–H groups in total. The molecule has 0 amide bonds. The van der Waals surface area contributed by atoms with E-state index in [4.69, 9.17) is 4.74 Å². The van der Waals surface area contributed by atoms with Gasteiger partial charge in [-0.1, -0.05) is 30.3 Å². The highest BCUT2D eigenvalue weighted by molar-refractivity contribution is 5.14. The van der Waals surface area contributed by atoms with E-state index in [0.717, 1.165) is 19.4 Å². The second-order valence-electron chi connectivity index (χ2n) is 4.72. The van der Waals surface area contributed by atoms with Crippen LogP contribution in [0.3, 0.4) is 0 Å². The lowest BCUT2D eigenvalue weighted by molar-refractivity contribution is 0.0169. The third-order valence-corrected chi connectivity index (χ3v) is 3.32. The van der Waals surface area contributed by atoms with Gasteiger partial charge < -0.3 is 15.2 Å². The molecule has 3 heteroatoms. The van der Waals surface area contributed by atoms with Crippen LogP contribution < -0.4 is 5.32 Å². The van der Waals surface area contributed by atoms with Gasteiger partial charge in [-0.2, -0.15) is 0 Å². The summed E-state index contributed by atoms with van der Waals surface area (Å²) in [6.45, 7) is 3.00. The molecule has 3 atom stereocenters. The Morgan fingerprint density at radius 2 is 2.12 bits per heavy atom. The minimum absolute atomic E-state index is 0.0418. The first-order valence-electron chi connectivity index (χ1n) is 6.33. The van der Waals surface area contributed by atoms with Gasteiger partial charge in [0.15, 0.2) is 0 Å². The van der Waals surface area contributed by atoms with Crippen LogP contribution >= 0.6 is 0 Å². The molecule has 17 heavy (non-hydrogen) atoms. The van der Waals surface area contributed by atoms with Gasteiger partial charge in [0.1, 0.15) is 0 Å². The Kier molecular flexibility index (Phi) is 4.54. The highest BCUT2D eigenvalue weighted by Gasteiger charge is 2.28. The molecule has 1 heterocycles. The molecule has 0 radical (unpaired) electrons. The Hall–Kier alpha value is -0.900. The van der Waals surface area contributed by atoms with Crippen LogP contribution in [0.1, 0.15) is 25.3 Å². The smallest absolute Gasteiger partial charge is 0.0755 e. The maximum Gasteiger partial charge on any atom is 0.0755 e. The summed E-state index contributed by atoms with van der Waals surface area (Å²) < 4.78 is 5.78. The molecular weight excluding hydrogens is 214 g/mol. The second kappa shape index (κ2) is 6.15. The zero-order valence-electron chi connectivity index (χ0n) is 10.3. The number of hydrogen-bond donors (Lipinski definition) is 2. The number of hydrogen-bond acceptors (Lipinski definition) is 3. The lowest BCUT2D eigenvalue weighted by atomic mass is 10.1. The lowest BCUT2D eigenvalue weighted by Gasteiger charge is -2.23. The van der Waals surface area contributed by atoms with Crippen molar-refractivity contribution in [2.24, 2.45) is 0 Å². The van der Waals surface area contributed by atoms with Crippen molar-refractivity contribution in [2.75, 3.05) is 6.61 Å². The van der Waals surface area contributed by atoms with Gasteiger partial charge in [0.2, 0.25) is 0 Å². The first-order chi connectivity index (χ1) is 8.29. The van der Waals surface area contributed by atoms with Crippen LogP contribution in [0.15, 0.2) is 30.3 Å². The largest absolute Gasteiger partial charge is 0.395 e. The molecule has 1 aliphatic rings. The van der Waals surface area contributed by atoms with E-state index in [1.807, 2.05) is 18.2 Å². The number of aliphatic hydroxyl groups is 1. The highest BCUT2D eigenvalue weighted by Crippen LogP contribution is 2.21. The summed E-state index contributed by atoms with van der Waals surface area (Å²) in [5, 5.41) is 12.8. The quantitative estimate of drug-likeness (QED) is 0.816. The van der Waals surface area contributed by atoms with Gasteiger partial charge in [-0.3, -0.25) is 0 Å². The van der Waals surface area contributed by atoms with Crippen LogP contribution in [0.2, 0.25) is 0 Å². The van der Waals surface area contributed by atoms with E-state index in [1.165, 1.54) is 5.56 Å². The van der Waals surface area contributed by atoms with Crippen LogP contribution in [-0.4, -0.2) is 30.0 Å². The molecule has 0 aromatic heterocycles. The summed E-state index contributed by atoms with van der Waals surface area (Å²) in [7, 11) is 0. The fraction of sp³-hybridized carbons (Fsp3) is 0.571. The van der Waals surface area contributed by atoms with Crippen molar-refractivity contribution < 1.29 is 9.84 Å². The monoisotopic (exact) mass is 235 g/mol. The zero-order chi connectivity index (χ0) is 12.1. The molecule has 1 fully saturated rings. The predicted molar refractivity (Wildman–Crippen MR) is 67.7 cm³/mol. The summed E-state index contributed by atoms with van der Waals surface area (Å²) in [5.74, 6) is 0. The molecule has 0 aliphatic carbocycles. The molecule has 0 saturated carbocycles. The minimum atomic E-state index is 0.0418. The average Bonchev–Trinajstić information content (AvgIpc) is 2.78. The Balaban J connectivity index is 1.84. The van der Waals surface area contributed by atoms with E-state index in [-0.39, 0.29) is 18.8 Å². The Morgan fingerprint density at radius 1 is 1.35 bits per heavy atom. The Morgan fingerprint density at radius 3 is 2.71 bits per heavy atom. The Bertz CT molecular complexity index is 328. The second-order valence-corrected chi connectivity index (χ2v) is 4.72. The van der Waals surface area contributed by atoms with Crippen molar-refractivity contribution in [3.8, 4) is 0 Å². The molecule has 1 aromatic rings. The van der Waals surface area contributed by atoms with Crippen molar-refractivity contribution in [2.45, 2.75) is 44.6 Å². The van der Waals surface area contributed by atoms with E-state index in [0.29, 0.717) is 6.10 Å². The number of benzene rings is 1. The maximum absolute atomic E-state index is 9.41. The van der Waals surface area contributed by atoms with Gasteiger partial charge in [-0.25, -0.2) is 0 Å². The zero-order valence-corrected chi connectivity index (χ0v) is 10.3. The third-order valence-electron chi connectivity index (χ3n) is 3.32. The van der Waals surface area contributed by atoms with Crippen molar-refractivity contribution >= 4 is 0 Å². The number of ether oxygens (including phenoxy) is 1. The topological polar surface area (TPSA) is 41.5 Å². The molecule has 2 rings (SSSR count). The summed E-state index contributed by atoms with van der Waals surface area (Å²) in [6, 6.07) is 10.3. The van der Waals surface area contributed by atoms with E-state index in [2.05, 4.69) is 24.4 Å². The summed E-state index contributed by atoms with van der Waals surface area (Å²) >= 11 is 0. The van der Waals surface area contributed by atoms with E-state index in [1.54, 1.807) is 0 Å². The standard InChI is InChI=1S/C14H21NO2/c1-11-7-8-14(17-11)13(10-16)15-9-12-5-3-2-4-6-12/h2-6,11,13-16H,7-10H2,1H3. The van der Waals surface area contributed by atoms with Crippen LogP contribution in [0.25, 0.3) is 0 Å².